The SMILES string of the molecule is COc1ccc2c(c1)[C@]13CCCC[C@@H]1[C@H](C2)N(C(=O)OC(C)Cl)CC3. The molecule has 1 saturated heterocycles. The summed E-state index contributed by atoms with van der Waals surface area (Å²) in [5, 5.41) is 0. The number of hydrogen-bond donors (Lipinski definition) is 0. The van der Waals surface area contributed by atoms with Gasteiger partial charge in [0.25, 0.3) is 0 Å². The molecular weight excluding hydrogens is 338 g/mol. The topological polar surface area (TPSA) is 38.8 Å². The van der Waals surface area contributed by atoms with Crippen molar-refractivity contribution >= 4 is 17.7 Å². The number of amides is 1. The summed E-state index contributed by atoms with van der Waals surface area (Å²) in [6.45, 7) is 2.44. The van der Waals surface area contributed by atoms with Crippen LogP contribution < -0.4 is 4.74 Å². The van der Waals surface area contributed by atoms with Crippen LogP contribution in [0.15, 0.2) is 18.2 Å². The molecule has 3 aliphatic rings. The van der Waals surface area contributed by atoms with E-state index in [-0.39, 0.29) is 17.6 Å². The fraction of sp³-hybridized carbons (Fsp3) is 0.650. The van der Waals surface area contributed by atoms with Gasteiger partial charge in [0.1, 0.15) is 5.75 Å². The highest BCUT2D eigenvalue weighted by Gasteiger charge is 2.55. The minimum atomic E-state index is -0.592. The smallest absolute Gasteiger partial charge is 0.411 e. The van der Waals surface area contributed by atoms with Gasteiger partial charge in [-0.25, -0.2) is 4.79 Å². The Kier molecular flexibility index (Phi) is 4.35. The van der Waals surface area contributed by atoms with Crippen LogP contribution in [0.4, 0.5) is 4.79 Å². The zero-order valence-electron chi connectivity index (χ0n) is 15.0. The largest absolute Gasteiger partial charge is 0.497 e. The van der Waals surface area contributed by atoms with Gasteiger partial charge in [-0.05, 0) is 61.8 Å². The number of alkyl halides is 1. The summed E-state index contributed by atoms with van der Waals surface area (Å²) in [5.74, 6) is 1.45. The van der Waals surface area contributed by atoms with E-state index in [4.69, 9.17) is 21.1 Å². The standard InChI is InChI=1S/C20H26ClNO3/c1-13(21)25-19(23)22-10-9-20-8-4-3-5-16(20)18(22)11-14-6-7-15(24-2)12-17(14)20/h6-7,12-13,16,18H,3-5,8-11H2,1-2H3/t13?,16-,18+,20+/m1/s1. The average molecular weight is 364 g/mol. The van der Waals surface area contributed by atoms with E-state index in [2.05, 4.69) is 12.1 Å². The summed E-state index contributed by atoms with van der Waals surface area (Å²) in [4.78, 5) is 14.5. The Balaban J connectivity index is 1.74. The monoisotopic (exact) mass is 363 g/mol. The van der Waals surface area contributed by atoms with E-state index in [1.807, 2.05) is 11.0 Å². The number of methoxy groups -OCH3 is 1. The molecule has 1 aromatic rings. The summed E-state index contributed by atoms with van der Waals surface area (Å²) in [7, 11) is 1.73. The third kappa shape index (κ3) is 2.69. The van der Waals surface area contributed by atoms with E-state index < -0.39 is 5.56 Å². The molecule has 1 aromatic carbocycles. The maximum Gasteiger partial charge on any atom is 0.411 e. The van der Waals surface area contributed by atoms with Gasteiger partial charge in [-0.2, -0.15) is 0 Å². The lowest BCUT2D eigenvalue weighted by molar-refractivity contribution is -0.0136. The number of benzene rings is 1. The van der Waals surface area contributed by atoms with Gasteiger partial charge in [-0.3, -0.25) is 0 Å². The molecule has 1 aliphatic heterocycles. The molecule has 2 bridgehead atoms. The first-order chi connectivity index (χ1) is 12.0. The molecule has 1 amide bonds. The maximum absolute atomic E-state index is 12.6. The predicted octanol–water partition coefficient (Wildman–Crippen LogP) is 4.48. The Morgan fingerprint density at radius 1 is 1.36 bits per heavy atom. The molecule has 1 saturated carbocycles. The molecule has 4 atom stereocenters. The Labute approximate surface area is 154 Å². The van der Waals surface area contributed by atoms with Crippen molar-refractivity contribution in [2.45, 2.75) is 62.5 Å². The first-order valence-electron chi connectivity index (χ1n) is 9.34. The van der Waals surface area contributed by atoms with E-state index in [0.29, 0.717) is 5.92 Å². The number of piperidine rings is 1. The Bertz CT molecular complexity index is 677. The lowest BCUT2D eigenvalue weighted by atomic mass is 9.52. The molecule has 0 aromatic heterocycles. The van der Waals surface area contributed by atoms with Crippen molar-refractivity contribution in [1.29, 1.82) is 0 Å². The van der Waals surface area contributed by atoms with Crippen LogP contribution in [0.25, 0.3) is 0 Å². The molecule has 1 unspecified atom stereocenters. The van der Waals surface area contributed by atoms with Gasteiger partial charge in [-0.15, -0.1) is 0 Å². The number of halogens is 1. The third-order valence-electron chi connectivity index (χ3n) is 6.54. The second-order valence-corrected chi connectivity index (χ2v) is 8.29. The zero-order chi connectivity index (χ0) is 17.6. The molecular formula is C20H26ClNO3. The summed E-state index contributed by atoms with van der Waals surface area (Å²) in [6, 6.07) is 6.70. The Morgan fingerprint density at radius 2 is 2.20 bits per heavy atom. The minimum Gasteiger partial charge on any atom is -0.497 e. The lowest BCUT2D eigenvalue weighted by Gasteiger charge is -2.58. The lowest BCUT2D eigenvalue weighted by Crippen LogP contribution is -2.62. The number of nitrogens with zero attached hydrogens (tertiary/aromatic N) is 1. The van der Waals surface area contributed by atoms with Crippen LogP contribution in [0.2, 0.25) is 0 Å². The number of ether oxygens (including phenoxy) is 2. The zero-order valence-corrected chi connectivity index (χ0v) is 15.7. The second-order valence-electron chi connectivity index (χ2n) is 7.67. The summed E-state index contributed by atoms with van der Waals surface area (Å²) in [6.07, 6.45) is 6.55. The van der Waals surface area contributed by atoms with Gasteiger partial charge in [0.15, 0.2) is 5.56 Å². The van der Waals surface area contributed by atoms with Gasteiger partial charge in [0, 0.05) is 18.0 Å². The molecule has 0 spiro atoms. The normalized spacial score (nSPS) is 31.6. The molecule has 1 heterocycles. The van der Waals surface area contributed by atoms with Gasteiger partial charge >= 0.3 is 6.09 Å². The predicted molar refractivity (Wildman–Crippen MR) is 97.2 cm³/mol. The van der Waals surface area contributed by atoms with Gasteiger partial charge < -0.3 is 14.4 Å². The first-order valence-corrected chi connectivity index (χ1v) is 9.77. The second kappa shape index (κ2) is 6.39. The van der Waals surface area contributed by atoms with Crippen molar-refractivity contribution in [1.82, 2.24) is 4.90 Å². The van der Waals surface area contributed by atoms with Crippen LogP contribution in [0, 0.1) is 5.92 Å². The molecule has 2 fully saturated rings. The van der Waals surface area contributed by atoms with Crippen molar-refractivity contribution in [3.8, 4) is 5.75 Å². The molecule has 0 N–H and O–H groups in total. The highest BCUT2D eigenvalue weighted by Crippen LogP contribution is 2.56. The molecule has 5 heteroatoms. The van der Waals surface area contributed by atoms with Crippen LogP contribution in [0.3, 0.4) is 0 Å². The first kappa shape index (κ1) is 17.0. The summed E-state index contributed by atoms with van der Waals surface area (Å²) >= 11 is 5.89. The average Bonchev–Trinajstić information content (AvgIpc) is 2.60. The summed E-state index contributed by atoms with van der Waals surface area (Å²) in [5.41, 5.74) is 2.42. The fourth-order valence-electron chi connectivity index (χ4n) is 5.54. The third-order valence-corrected chi connectivity index (χ3v) is 6.63. The highest BCUT2D eigenvalue weighted by atomic mass is 35.5. The number of carbonyl (C=O) groups excluding carboxylic acids is 1. The molecule has 4 rings (SSSR count). The van der Waals surface area contributed by atoms with E-state index in [0.717, 1.165) is 25.1 Å². The van der Waals surface area contributed by atoms with Crippen molar-refractivity contribution < 1.29 is 14.3 Å². The van der Waals surface area contributed by atoms with Crippen LogP contribution in [-0.4, -0.2) is 36.3 Å². The Morgan fingerprint density at radius 3 is 2.96 bits per heavy atom. The van der Waals surface area contributed by atoms with E-state index in [9.17, 15) is 4.79 Å². The van der Waals surface area contributed by atoms with Crippen molar-refractivity contribution in [2.24, 2.45) is 5.92 Å². The van der Waals surface area contributed by atoms with Crippen molar-refractivity contribution in [3.05, 3.63) is 29.3 Å². The minimum absolute atomic E-state index is 0.189. The van der Waals surface area contributed by atoms with E-state index in [1.165, 1.54) is 36.8 Å². The number of carbonyl (C=O) groups is 1. The van der Waals surface area contributed by atoms with Crippen LogP contribution >= 0.6 is 11.6 Å². The van der Waals surface area contributed by atoms with Gasteiger partial charge in [-0.1, -0.05) is 30.5 Å². The van der Waals surface area contributed by atoms with E-state index >= 15 is 0 Å². The highest BCUT2D eigenvalue weighted by molar-refractivity contribution is 6.19. The fourth-order valence-corrected chi connectivity index (χ4v) is 5.62. The van der Waals surface area contributed by atoms with Crippen molar-refractivity contribution in [3.63, 3.8) is 0 Å². The number of rotatable bonds is 2. The number of fused-ring (bicyclic) bond motifs is 1. The van der Waals surface area contributed by atoms with Gasteiger partial charge in [0.05, 0.1) is 7.11 Å². The quantitative estimate of drug-likeness (QED) is 0.727. The van der Waals surface area contributed by atoms with Crippen LogP contribution in [-0.2, 0) is 16.6 Å². The van der Waals surface area contributed by atoms with Crippen LogP contribution in [0.1, 0.15) is 50.2 Å². The number of hydrogen-bond acceptors (Lipinski definition) is 3. The molecule has 136 valence electrons. The maximum atomic E-state index is 12.6. The summed E-state index contributed by atoms with van der Waals surface area (Å²) < 4.78 is 10.8. The molecule has 2 aliphatic carbocycles. The Hall–Kier alpha value is -1.42. The molecule has 0 radical (unpaired) electrons. The molecule has 25 heavy (non-hydrogen) atoms. The number of likely N-dealkylation sites (tertiary alicyclic amines) is 1. The van der Waals surface area contributed by atoms with E-state index in [1.54, 1.807) is 14.0 Å². The van der Waals surface area contributed by atoms with Crippen LogP contribution in [0.5, 0.6) is 5.75 Å². The van der Waals surface area contributed by atoms with Gasteiger partial charge in [0.2, 0.25) is 0 Å². The molecule has 4 nitrogen and oxygen atoms in total. The van der Waals surface area contributed by atoms with Crippen molar-refractivity contribution in [2.75, 3.05) is 13.7 Å².